The van der Waals surface area contributed by atoms with Crippen molar-refractivity contribution in [3.63, 3.8) is 0 Å². The Kier molecular flexibility index (Phi) is 4.13. The lowest BCUT2D eigenvalue weighted by atomic mass is 9.94. The van der Waals surface area contributed by atoms with Gasteiger partial charge in [0.15, 0.2) is 0 Å². The van der Waals surface area contributed by atoms with Gasteiger partial charge in [-0.05, 0) is 49.6 Å². The van der Waals surface area contributed by atoms with Gasteiger partial charge in [0.2, 0.25) is 0 Å². The molecule has 1 aromatic rings. The van der Waals surface area contributed by atoms with E-state index < -0.39 is 0 Å². The molecule has 0 radical (unpaired) electrons. The second-order valence-electron chi connectivity index (χ2n) is 4.64. The maximum Gasteiger partial charge on any atom is 0.123 e. The fourth-order valence-electron chi connectivity index (χ4n) is 2.49. The quantitative estimate of drug-likeness (QED) is 0.872. The lowest BCUT2D eigenvalue weighted by molar-refractivity contribution is 0.000221. The molecule has 3 heteroatoms. The molecule has 0 amide bonds. The maximum absolute atomic E-state index is 13.1. The summed E-state index contributed by atoms with van der Waals surface area (Å²) >= 11 is 0. The zero-order valence-corrected chi connectivity index (χ0v) is 10.5. The van der Waals surface area contributed by atoms with Crippen molar-refractivity contribution in [3.8, 4) is 0 Å². The van der Waals surface area contributed by atoms with Crippen LogP contribution in [0.3, 0.4) is 0 Å². The smallest absolute Gasteiger partial charge is 0.123 e. The molecule has 2 nitrogen and oxygen atoms in total. The molecule has 0 aliphatic carbocycles. The first-order valence-corrected chi connectivity index (χ1v) is 6.31. The lowest BCUT2D eigenvalue weighted by Crippen LogP contribution is -2.36. The molecule has 94 valence electrons. The average molecular weight is 237 g/mol. The molecule has 0 saturated carbocycles. The number of ether oxygens (including phenoxy) is 1. The fourth-order valence-corrected chi connectivity index (χ4v) is 2.49. The predicted molar refractivity (Wildman–Crippen MR) is 66.5 cm³/mol. The van der Waals surface area contributed by atoms with Crippen LogP contribution >= 0.6 is 0 Å². The third kappa shape index (κ3) is 3.05. The highest BCUT2D eigenvalue weighted by atomic mass is 19.1. The normalized spacial score (nSPS) is 24.9. The average Bonchev–Trinajstić information content (AvgIpc) is 2.29. The molecule has 1 aliphatic heterocycles. The van der Waals surface area contributed by atoms with Crippen molar-refractivity contribution in [2.75, 3.05) is 13.2 Å². The molecular formula is C14H20FNO. The largest absolute Gasteiger partial charge is 0.373 e. The Morgan fingerprint density at radius 3 is 3.00 bits per heavy atom. The Labute approximate surface area is 102 Å². The highest BCUT2D eigenvalue weighted by Crippen LogP contribution is 2.30. The molecule has 2 unspecified atom stereocenters. The van der Waals surface area contributed by atoms with E-state index in [1.54, 1.807) is 6.07 Å². The lowest BCUT2D eigenvalue weighted by Gasteiger charge is -2.31. The zero-order valence-electron chi connectivity index (χ0n) is 10.5. The fraction of sp³-hybridized carbons (Fsp3) is 0.571. The van der Waals surface area contributed by atoms with Gasteiger partial charge in [-0.3, -0.25) is 0 Å². The van der Waals surface area contributed by atoms with Gasteiger partial charge in [0.25, 0.3) is 0 Å². The van der Waals surface area contributed by atoms with Crippen LogP contribution in [0.15, 0.2) is 18.2 Å². The summed E-state index contributed by atoms with van der Waals surface area (Å²) in [6.45, 7) is 5.82. The SMILES string of the molecule is CCNC1CCOC(c2ccc(F)cc2C)C1. The first kappa shape index (κ1) is 12.5. The highest BCUT2D eigenvalue weighted by Gasteiger charge is 2.24. The summed E-state index contributed by atoms with van der Waals surface area (Å²) in [5.74, 6) is -0.176. The molecule has 17 heavy (non-hydrogen) atoms. The van der Waals surface area contributed by atoms with Gasteiger partial charge in [-0.1, -0.05) is 13.0 Å². The molecule has 1 N–H and O–H groups in total. The number of halogens is 1. The Bertz CT molecular complexity index is 378. The number of hydrogen-bond donors (Lipinski definition) is 1. The van der Waals surface area contributed by atoms with E-state index in [1.165, 1.54) is 6.07 Å². The van der Waals surface area contributed by atoms with Gasteiger partial charge in [0, 0.05) is 12.6 Å². The molecule has 1 heterocycles. The highest BCUT2D eigenvalue weighted by molar-refractivity contribution is 5.29. The zero-order chi connectivity index (χ0) is 12.3. The van der Waals surface area contributed by atoms with Crippen molar-refractivity contribution >= 4 is 0 Å². The van der Waals surface area contributed by atoms with Crippen LogP contribution in [0.25, 0.3) is 0 Å². The van der Waals surface area contributed by atoms with Gasteiger partial charge in [-0.15, -0.1) is 0 Å². The summed E-state index contributed by atoms with van der Waals surface area (Å²) in [6, 6.07) is 5.46. The Hall–Kier alpha value is -0.930. The number of benzene rings is 1. The van der Waals surface area contributed by atoms with E-state index >= 15 is 0 Å². The molecule has 1 aromatic carbocycles. The van der Waals surface area contributed by atoms with Crippen LogP contribution in [-0.4, -0.2) is 19.2 Å². The predicted octanol–water partition coefficient (Wildman–Crippen LogP) is 2.96. The number of aryl methyl sites for hydroxylation is 1. The minimum absolute atomic E-state index is 0.105. The maximum atomic E-state index is 13.1. The summed E-state index contributed by atoms with van der Waals surface area (Å²) in [5, 5.41) is 3.46. The minimum Gasteiger partial charge on any atom is -0.373 e. The van der Waals surface area contributed by atoms with Gasteiger partial charge in [-0.2, -0.15) is 0 Å². The molecule has 2 rings (SSSR count). The standard InChI is InChI=1S/C14H20FNO/c1-3-16-12-6-7-17-14(9-12)13-5-4-11(15)8-10(13)2/h4-5,8,12,14,16H,3,6-7,9H2,1-2H3. The Balaban J connectivity index is 2.10. The third-order valence-corrected chi connectivity index (χ3v) is 3.36. The van der Waals surface area contributed by atoms with Gasteiger partial charge in [0.1, 0.15) is 5.82 Å². The van der Waals surface area contributed by atoms with Crippen LogP contribution in [0, 0.1) is 12.7 Å². The van der Waals surface area contributed by atoms with E-state index in [4.69, 9.17) is 4.74 Å². The van der Waals surface area contributed by atoms with Gasteiger partial charge in [0.05, 0.1) is 6.10 Å². The van der Waals surface area contributed by atoms with Crippen LogP contribution in [0.4, 0.5) is 4.39 Å². The molecular weight excluding hydrogens is 217 g/mol. The first-order valence-electron chi connectivity index (χ1n) is 6.31. The molecule has 0 bridgehead atoms. The number of hydrogen-bond acceptors (Lipinski definition) is 2. The summed E-state index contributed by atoms with van der Waals surface area (Å²) in [5.41, 5.74) is 2.10. The number of rotatable bonds is 3. The molecule has 1 saturated heterocycles. The molecule has 0 spiro atoms. The second kappa shape index (κ2) is 5.61. The van der Waals surface area contributed by atoms with Crippen LogP contribution in [0.1, 0.15) is 37.0 Å². The van der Waals surface area contributed by atoms with Gasteiger partial charge < -0.3 is 10.1 Å². The van der Waals surface area contributed by atoms with Crippen molar-refractivity contribution in [2.24, 2.45) is 0 Å². The van der Waals surface area contributed by atoms with Crippen molar-refractivity contribution in [3.05, 3.63) is 35.1 Å². The van der Waals surface area contributed by atoms with E-state index in [2.05, 4.69) is 12.2 Å². The minimum atomic E-state index is -0.176. The first-order chi connectivity index (χ1) is 8.20. The molecule has 0 aromatic heterocycles. The van der Waals surface area contributed by atoms with Crippen molar-refractivity contribution in [2.45, 2.75) is 38.8 Å². The molecule has 1 fully saturated rings. The Morgan fingerprint density at radius 1 is 1.47 bits per heavy atom. The summed E-state index contributed by atoms with van der Waals surface area (Å²) in [4.78, 5) is 0. The van der Waals surface area contributed by atoms with Crippen LogP contribution < -0.4 is 5.32 Å². The van der Waals surface area contributed by atoms with Crippen LogP contribution in [-0.2, 0) is 4.74 Å². The summed E-state index contributed by atoms with van der Waals surface area (Å²) in [7, 11) is 0. The van der Waals surface area contributed by atoms with Crippen molar-refractivity contribution < 1.29 is 9.13 Å². The van der Waals surface area contributed by atoms with Gasteiger partial charge in [-0.25, -0.2) is 4.39 Å². The summed E-state index contributed by atoms with van der Waals surface area (Å²) in [6.07, 6.45) is 2.14. The second-order valence-corrected chi connectivity index (χ2v) is 4.64. The van der Waals surface area contributed by atoms with Crippen LogP contribution in [0.2, 0.25) is 0 Å². The third-order valence-electron chi connectivity index (χ3n) is 3.36. The van der Waals surface area contributed by atoms with E-state index in [-0.39, 0.29) is 11.9 Å². The number of nitrogens with one attached hydrogen (secondary N) is 1. The van der Waals surface area contributed by atoms with E-state index in [0.717, 1.165) is 37.1 Å². The van der Waals surface area contributed by atoms with E-state index in [9.17, 15) is 4.39 Å². The van der Waals surface area contributed by atoms with E-state index in [1.807, 2.05) is 13.0 Å². The van der Waals surface area contributed by atoms with Crippen molar-refractivity contribution in [1.82, 2.24) is 5.32 Å². The molecule has 1 aliphatic rings. The van der Waals surface area contributed by atoms with Crippen molar-refractivity contribution in [1.29, 1.82) is 0 Å². The Morgan fingerprint density at radius 2 is 2.29 bits per heavy atom. The molecule has 2 atom stereocenters. The van der Waals surface area contributed by atoms with E-state index in [0.29, 0.717) is 6.04 Å². The topological polar surface area (TPSA) is 21.3 Å². The van der Waals surface area contributed by atoms with Crippen LogP contribution in [0.5, 0.6) is 0 Å². The summed E-state index contributed by atoms with van der Waals surface area (Å²) < 4.78 is 18.9. The van der Waals surface area contributed by atoms with Gasteiger partial charge >= 0.3 is 0 Å². The monoisotopic (exact) mass is 237 g/mol.